The molecule has 0 saturated carbocycles. The van der Waals surface area contributed by atoms with Gasteiger partial charge in [0.15, 0.2) is 0 Å². The van der Waals surface area contributed by atoms with Crippen molar-refractivity contribution in [2.45, 2.75) is 13.0 Å². The Morgan fingerprint density at radius 2 is 2.00 bits per heavy atom. The second-order valence-electron chi connectivity index (χ2n) is 5.70. The number of rotatable bonds is 5. The van der Waals surface area contributed by atoms with E-state index in [0.29, 0.717) is 6.04 Å². The van der Waals surface area contributed by atoms with E-state index in [-0.39, 0.29) is 0 Å². The van der Waals surface area contributed by atoms with Crippen LogP contribution in [0.5, 0.6) is 0 Å². The van der Waals surface area contributed by atoms with Crippen LogP contribution in [0.2, 0.25) is 0 Å². The SMILES string of the molecule is Cc1cc(NCC(c2cccs2)N(C)C)c2ccccc2n1. The van der Waals surface area contributed by atoms with Crippen molar-refractivity contribution in [2.75, 3.05) is 26.0 Å². The lowest BCUT2D eigenvalue weighted by Crippen LogP contribution is -2.26. The molecule has 3 nitrogen and oxygen atoms in total. The number of hydrogen-bond donors (Lipinski definition) is 1. The Bertz CT molecular complexity index is 750. The van der Waals surface area contributed by atoms with Crippen molar-refractivity contribution >= 4 is 27.9 Å². The van der Waals surface area contributed by atoms with Crippen LogP contribution >= 0.6 is 11.3 Å². The van der Waals surface area contributed by atoms with E-state index in [4.69, 9.17) is 0 Å². The van der Waals surface area contributed by atoms with Gasteiger partial charge in [-0.3, -0.25) is 4.98 Å². The van der Waals surface area contributed by atoms with Gasteiger partial charge in [0.1, 0.15) is 0 Å². The predicted molar refractivity (Wildman–Crippen MR) is 95.7 cm³/mol. The third-order valence-corrected chi connectivity index (χ3v) is 4.80. The number of nitrogens with one attached hydrogen (secondary N) is 1. The Labute approximate surface area is 135 Å². The molecule has 22 heavy (non-hydrogen) atoms. The maximum atomic E-state index is 4.60. The fourth-order valence-corrected chi connectivity index (χ4v) is 3.60. The highest BCUT2D eigenvalue weighted by Gasteiger charge is 2.15. The van der Waals surface area contributed by atoms with Crippen molar-refractivity contribution < 1.29 is 0 Å². The molecule has 0 bridgehead atoms. The first-order chi connectivity index (χ1) is 10.6. The lowest BCUT2D eigenvalue weighted by atomic mass is 10.1. The van der Waals surface area contributed by atoms with E-state index in [1.54, 1.807) is 0 Å². The molecule has 0 aliphatic carbocycles. The summed E-state index contributed by atoms with van der Waals surface area (Å²) in [5.74, 6) is 0. The standard InChI is InChI=1S/C18H21N3S/c1-13-11-16(14-7-4-5-8-15(14)20-13)19-12-17(21(2)3)18-9-6-10-22-18/h4-11,17H,12H2,1-3H3,(H,19,20). The number of likely N-dealkylation sites (N-methyl/N-ethyl adjacent to an activating group) is 1. The normalized spacial score (nSPS) is 12.7. The van der Waals surface area contributed by atoms with Crippen LogP contribution in [-0.4, -0.2) is 30.5 Å². The van der Waals surface area contributed by atoms with Gasteiger partial charge >= 0.3 is 0 Å². The van der Waals surface area contributed by atoms with E-state index in [0.717, 1.165) is 23.4 Å². The van der Waals surface area contributed by atoms with Crippen molar-refractivity contribution in [3.05, 3.63) is 58.4 Å². The first-order valence-electron chi connectivity index (χ1n) is 7.45. The van der Waals surface area contributed by atoms with Crippen molar-refractivity contribution in [2.24, 2.45) is 0 Å². The summed E-state index contributed by atoms with van der Waals surface area (Å²) < 4.78 is 0. The second-order valence-corrected chi connectivity index (χ2v) is 6.68. The Kier molecular flexibility index (Phi) is 4.41. The fourth-order valence-electron chi connectivity index (χ4n) is 2.68. The molecule has 2 aromatic heterocycles. The van der Waals surface area contributed by atoms with Crippen LogP contribution in [0.1, 0.15) is 16.6 Å². The van der Waals surface area contributed by atoms with Gasteiger partial charge < -0.3 is 10.2 Å². The molecule has 0 aliphatic rings. The summed E-state index contributed by atoms with van der Waals surface area (Å²) in [6, 6.07) is 15.1. The summed E-state index contributed by atoms with van der Waals surface area (Å²) in [5.41, 5.74) is 3.24. The van der Waals surface area contributed by atoms with Crippen LogP contribution in [-0.2, 0) is 0 Å². The minimum atomic E-state index is 0.368. The van der Waals surface area contributed by atoms with Gasteiger partial charge in [-0.15, -0.1) is 11.3 Å². The number of aryl methyl sites for hydroxylation is 1. The molecule has 4 heteroatoms. The van der Waals surface area contributed by atoms with Gasteiger partial charge in [0.25, 0.3) is 0 Å². The first-order valence-corrected chi connectivity index (χ1v) is 8.33. The average molecular weight is 311 g/mol. The maximum Gasteiger partial charge on any atom is 0.0725 e. The zero-order valence-corrected chi connectivity index (χ0v) is 14.0. The number of para-hydroxylation sites is 1. The largest absolute Gasteiger partial charge is 0.382 e. The third kappa shape index (κ3) is 3.13. The number of nitrogens with zero attached hydrogens (tertiary/aromatic N) is 2. The molecule has 0 amide bonds. The number of anilines is 1. The highest BCUT2D eigenvalue weighted by atomic mass is 32.1. The van der Waals surface area contributed by atoms with E-state index in [1.165, 1.54) is 10.3 Å². The van der Waals surface area contributed by atoms with Crippen molar-refractivity contribution in [3.8, 4) is 0 Å². The molecule has 1 aromatic carbocycles. The number of hydrogen-bond acceptors (Lipinski definition) is 4. The van der Waals surface area contributed by atoms with E-state index in [1.807, 2.05) is 24.3 Å². The number of benzene rings is 1. The zero-order valence-electron chi connectivity index (χ0n) is 13.2. The molecule has 0 aliphatic heterocycles. The highest BCUT2D eigenvalue weighted by Crippen LogP contribution is 2.27. The molecule has 114 valence electrons. The summed E-state index contributed by atoms with van der Waals surface area (Å²) >= 11 is 1.81. The lowest BCUT2D eigenvalue weighted by Gasteiger charge is -2.24. The molecule has 0 radical (unpaired) electrons. The molecule has 3 rings (SSSR count). The van der Waals surface area contributed by atoms with E-state index < -0.39 is 0 Å². The first kappa shape index (κ1) is 15.0. The zero-order chi connectivity index (χ0) is 15.5. The summed E-state index contributed by atoms with van der Waals surface area (Å²) in [4.78, 5) is 8.24. The third-order valence-electron chi connectivity index (χ3n) is 3.83. The van der Waals surface area contributed by atoms with Gasteiger partial charge in [0, 0.05) is 28.2 Å². The topological polar surface area (TPSA) is 28.2 Å². The van der Waals surface area contributed by atoms with Crippen molar-refractivity contribution in [1.29, 1.82) is 0 Å². The Morgan fingerprint density at radius 1 is 1.18 bits per heavy atom. The number of pyridine rings is 1. The molecular formula is C18H21N3S. The van der Waals surface area contributed by atoms with Gasteiger partial charge in [-0.1, -0.05) is 24.3 Å². The molecule has 2 heterocycles. The van der Waals surface area contributed by atoms with Crippen LogP contribution in [0.3, 0.4) is 0 Å². The van der Waals surface area contributed by atoms with Crippen LogP contribution in [0, 0.1) is 6.92 Å². The van der Waals surface area contributed by atoms with E-state index in [9.17, 15) is 0 Å². The van der Waals surface area contributed by atoms with E-state index in [2.05, 4.69) is 71.1 Å². The van der Waals surface area contributed by atoms with E-state index >= 15 is 0 Å². The minimum absolute atomic E-state index is 0.368. The second kappa shape index (κ2) is 6.46. The van der Waals surface area contributed by atoms with Crippen LogP contribution < -0.4 is 5.32 Å². The highest BCUT2D eigenvalue weighted by molar-refractivity contribution is 7.10. The van der Waals surface area contributed by atoms with Crippen molar-refractivity contribution in [3.63, 3.8) is 0 Å². The molecule has 0 fully saturated rings. The summed E-state index contributed by atoms with van der Waals surface area (Å²) in [7, 11) is 4.25. The van der Waals surface area contributed by atoms with Gasteiger partial charge in [-0.25, -0.2) is 0 Å². The molecule has 1 atom stereocenters. The van der Waals surface area contributed by atoms with Gasteiger partial charge in [0.05, 0.1) is 11.6 Å². The molecule has 1 N–H and O–H groups in total. The average Bonchev–Trinajstić information content (AvgIpc) is 3.01. The van der Waals surface area contributed by atoms with Crippen LogP contribution in [0.4, 0.5) is 5.69 Å². The van der Waals surface area contributed by atoms with Crippen LogP contribution in [0.25, 0.3) is 10.9 Å². The number of thiophene rings is 1. The van der Waals surface area contributed by atoms with Gasteiger partial charge in [-0.2, -0.15) is 0 Å². The summed E-state index contributed by atoms with van der Waals surface area (Å²) in [6.45, 7) is 2.92. The van der Waals surface area contributed by atoms with Crippen molar-refractivity contribution in [1.82, 2.24) is 9.88 Å². The maximum absolute atomic E-state index is 4.60. The van der Waals surface area contributed by atoms with Crippen LogP contribution in [0.15, 0.2) is 47.8 Å². The Morgan fingerprint density at radius 3 is 2.73 bits per heavy atom. The molecule has 0 spiro atoms. The molecular weight excluding hydrogens is 290 g/mol. The predicted octanol–water partition coefficient (Wildman–Crippen LogP) is 4.32. The Balaban J connectivity index is 1.87. The quantitative estimate of drug-likeness (QED) is 0.760. The number of aromatic nitrogens is 1. The minimum Gasteiger partial charge on any atom is -0.382 e. The Hall–Kier alpha value is -1.91. The lowest BCUT2D eigenvalue weighted by molar-refractivity contribution is 0.316. The van der Waals surface area contributed by atoms with Gasteiger partial charge in [-0.05, 0) is 44.6 Å². The molecule has 1 unspecified atom stereocenters. The number of fused-ring (bicyclic) bond motifs is 1. The van der Waals surface area contributed by atoms with Gasteiger partial charge in [0.2, 0.25) is 0 Å². The smallest absolute Gasteiger partial charge is 0.0725 e. The monoisotopic (exact) mass is 311 g/mol. The summed E-state index contributed by atoms with van der Waals surface area (Å²) in [5, 5.41) is 6.94. The summed E-state index contributed by atoms with van der Waals surface area (Å²) in [6.07, 6.45) is 0. The molecule has 3 aromatic rings. The fraction of sp³-hybridized carbons (Fsp3) is 0.278. The molecule has 0 saturated heterocycles.